The van der Waals surface area contributed by atoms with Crippen LogP contribution < -0.4 is 5.32 Å². The average molecular weight is 333 g/mol. The van der Waals surface area contributed by atoms with Crippen LogP contribution in [0.5, 0.6) is 0 Å². The molecule has 130 valence electrons. The largest absolute Gasteiger partial charge is 0.452 e. The van der Waals surface area contributed by atoms with E-state index in [1.165, 1.54) is 6.33 Å². The van der Waals surface area contributed by atoms with Crippen molar-refractivity contribution in [1.82, 2.24) is 24.9 Å². The normalized spacial score (nSPS) is 12.9. The molecule has 24 heavy (non-hydrogen) atoms. The zero-order valence-corrected chi connectivity index (χ0v) is 14.9. The van der Waals surface area contributed by atoms with E-state index in [-0.39, 0.29) is 17.9 Å². The van der Waals surface area contributed by atoms with Crippen LogP contribution in [0.4, 0.5) is 0 Å². The minimum atomic E-state index is -0.861. The molecule has 1 atom stereocenters. The number of carbonyl (C=O) groups excluding carboxylic acids is 2. The smallest absolute Gasteiger partial charge is 0.311 e. The summed E-state index contributed by atoms with van der Waals surface area (Å²) >= 11 is 0. The Kier molecular flexibility index (Phi) is 4.86. The fourth-order valence-corrected chi connectivity index (χ4v) is 2.32. The zero-order valence-electron chi connectivity index (χ0n) is 14.9. The Morgan fingerprint density at radius 3 is 2.62 bits per heavy atom. The van der Waals surface area contributed by atoms with Gasteiger partial charge in [0.15, 0.2) is 6.10 Å². The van der Waals surface area contributed by atoms with Crippen LogP contribution in [0.15, 0.2) is 6.33 Å². The lowest BCUT2D eigenvalue weighted by atomic mass is 10.1. The number of aryl methyl sites for hydroxylation is 2. The van der Waals surface area contributed by atoms with Gasteiger partial charge in [0.05, 0.1) is 6.42 Å². The Labute approximate surface area is 140 Å². The van der Waals surface area contributed by atoms with E-state index in [1.54, 1.807) is 18.4 Å². The van der Waals surface area contributed by atoms with E-state index in [1.807, 2.05) is 27.7 Å². The Hall–Kier alpha value is -2.51. The minimum absolute atomic E-state index is 0.0214. The first kappa shape index (κ1) is 17.8. The molecule has 0 fully saturated rings. The fourth-order valence-electron chi connectivity index (χ4n) is 2.32. The van der Waals surface area contributed by atoms with Gasteiger partial charge in [-0.2, -0.15) is 10.1 Å². The third kappa shape index (κ3) is 4.06. The molecule has 0 aliphatic heterocycles. The van der Waals surface area contributed by atoms with Crippen LogP contribution in [0.2, 0.25) is 0 Å². The maximum Gasteiger partial charge on any atom is 0.311 e. The second-order valence-corrected chi connectivity index (χ2v) is 6.78. The lowest BCUT2D eigenvalue weighted by molar-refractivity contribution is -0.154. The van der Waals surface area contributed by atoms with Crippen molar-refractivity contribution in [2.24, 2.45) is 0 Å². The SMILES string of the molecule is Cc1nc2ncnn2c(C)c1CC(=O)O[C@H](C)C(=O)NC(C)(C)C. The fraction of sp³-hybridized carbons (Fsp3) is 0.562. The first-order valence-corrected chi connectivity index (χ1v) is 7.76. The summed E-state index contributed by atoms with van der Waals surface area (Å²) in [7, 11) is 0. The van der Waals surface area contributed by atoms with Gasteiger partial charge in [0.1, 0.15) is 6.33 Å². The highest BCUT2D eigenvalue weighted by Crippen LogP contribution is 2.14. The van der Waals surface area contributed by atoms with Gasteiger partial charge in [-0.1, -0.05) is 0 Å². The number of hydrogen-bond acceptors (Lipinski definition) is 6. The summed E-state index contributed by atoms with van der Waals surface area (Å²) in [4.78, 5) is 32.5. The summed E-state index contributed by atoms with van der Waals surface area (Å²) in [5.41, 5.74) is 1.81. The van der Waals surface area contributed by atoms with Gasteiger partial charge in [-0.15, -0.1) is 0 Å². The topological polar surface area (TPSA) is 98.5 Å². The number of ether oxygens (including phenoxy) is 1. The molecule has 0 radical (unpaired) electrons. The molecular weight excluding hydrogens is 310 g/mol. The molecular formula is C16H23N5O3. The van der Waals surface area contributed by atoms with Crippen LogP contribution in [0.25, 0.3) is 5.78 Å². The maximum atomic E-state index is 12.2. The number of rotatable bonds is 4. The van der Waals surface area contributed by atoms with E-state index in [4.69, 9.17) is 4.74 Å². The Balaban J connectivity index is 2.09. The summed E-state index contributed by atoms with van der Waals surface area (Å²) in [6.07, 6.45) is 0.573. The molecule has 2 heterocycles. The standard InChI is InChI=1S/C16H23N5O3/c1-9-12(10(2)21-15(19-9)17-8-18-21)7-13(22)24-11(3)14(23)20-16(4,5)6/h8,11H,7H2,1-6H3,(H,20,23)/t11-/m1/s1. The van der Waals surface area contributed by atoms with Crippen molar-refractivity contribution in [1.29, 1.82) is 0 Å². The summed E-state index contributed by atoms with van der Waals surface area (Å²) in [6.45, 7) is 10.8. The zero-order chi connectivity index (χ0) is 18.1. The number of carbonyl (C=O) groups is 2. The van der Waals surface area contributed by atoms with Crippen LogP contribution in [-0.2, 0) is 20.7 Å². The number of esters is 1. The van der Waals surface area contributed by atoms with E-state index >= 15 is 0 Å². The van der Waals surface area contributed by atoms with Gasteiger partial charge in [-0.05, 0) is 41.5 Å². The maximum absolute atomic E-state index is 12.2. The molecule has 8 heteroatoms. The van der Waals surface area contributed by atoms with Crippen molar-refractivity contribution in [3.8, 4) is 0 Å². The molecule has 2 aromatic rings. The van der Waals surface area contributed by atoms with Crippen molar-refractivity contribution in [3.63, 3.8) is 0 Å². The van der Waals surface area contributed by atoms with Gasteiger partial charge in [-0.3, -0.25) is 9.59 Å². The predicted molar refractivity (Wildman–Crippen MR) is 87.4 cm³/mol. The van der Waals surface area contributed by atoms with Gasteiger partial charge < -0.3 is 10.1 Å². The van der Waals surface area contributed by atoms with E-state index in [2.05, 4.69) is 20.4 Å². The number of nitrogens with zero attached hydrogens (tertiary/aromatic N) is 4. The molecule has 2 rings (SSSR count). The molecule has 0 aliphatic carbocycles. The second-order valence-electron chi connectivity index (χ2n) is 6.78. The average Bonchev–Trinajstić information content (AvgIpc) is 2.89. The molecule has 0 saturated carbocycles. The van der Waals surface area contributed by atoms with Crippen LogP contribution >= 0.6 is 0 Å². The number of fused-ring (bicyclic) bond motifs is 1. The molecule has 0 saturated heterocycles. The summed E-state index contributed by atoms with van der Waals surface area (Å²) in [5, 5.41) is 6.86. The Bertz CT molecular complexity index is 776. The highest BCUT2D eigenvalue weighted by Gasteiger charge is 2.23. The third-order valence-electron chi connectivity index (χ3n) is 3.49. The van der Waals surface area contributed by atoms with Crippen LogP contribution in [0, 0.1) is 13.8 Å². The number of aromatic nitrogens is 4. The molecule has 0 aromatic carbocycles. The first-order valence-electron chi connectivity index (χ1n) is 7.76. The van der Waals surface area contributed by atoms with Gasteiger partial charge in [0, 0.05) is 22.5 Å². The number of amides is 1. The quantitative estimate of drug-likeness (QED) is 0.842. The highest BCUT2D eigenvalue weighted by molar-refractivity contribution is 5.84. The Morgan fingerprint density at radius 1 is 1.33 bits per heavy atom. The molecule has 0 bridgehead atoms. The number of hydrogen-bond donors (Lipinski definition) is 1. The lowest BCUT2D eigenvalue weighted by Gasteiger charge is -2.23. The summed E-state index contributed by atoms with van der Waals surface area (Å²) < 4.78 is 6.82. The lowest BCUT2D eigenvalue weighted by Crippen LogP contribution is -2.46. The molecule has 1 amide bonds. The first-order chi connectivity index (χ1) is 11.1. The van der Waals surface area contributed by atoms with E-state index in [0.29, 0.717) is 11.5 Å². The van der Waals surface area contributed by atoms with E-state index in [0.717, 1.165) is 11.3 Å². The van der Waals surface area contributed by atoms with E-state index < -0.39 is 12.1 Å². The monoisotopic (exact) mass is 333 g/mol. The van der Waals surface area contributed by atoms with Crippen molar-refractivity contribution in [3.05, 3.63) is 23.3 Å². The molecule has 0 aliphatic rings. The molecule has 8 nitrogen and oxygen atoms in total. The second kappa shape index (κ2) is 6.54. The third-order valence-corrected chi connectivity index (χ3v) is 3.49. The van der Waals surface area contributed by atoms with Crippen LogP contribution in [-0.4, -0.2) is 43.1 Å². The Morgan fingerprint density at radius 2 is 2.00 bits per heavy atom. The molecule has 1 N–H and O–H groups in total. The van der Waals surface area contributed by atoms with Crippen molar-refractivity contribution >= 4 is 17.7 Å². The minimum Gasteiger partial charge on any atom is -0.452 e. The van der Waals surface area contributed by atoms with Gasteiger partial charge >= 0.3 is 5.97 Å². The van der Waals surface area contributed by atoms with E-state index in [9.17, 15) is 9.59 Å². The van der Waals surface area contributed by atoms with Crippen molar-refractivity contribution in [2.45, 2.75) is 59.6 Å². The predicted octanol–water partition coefficient (Wildman–Crippen LogP) is 1.13. The van der Waals surface area contributed by atoms with Crippen molar-refractivity contribution in [2.75, 3.05) is 0 Å². The number of nitrogens with one attached hydrogen (secondary N) is 1. The molecule has 2 aromatic heterocycles. The molecule has 0 spiro atoms. The summed E-state index contributed by atoms with van der Waals surface area (Å²) in [6, 6.07) is 0. The summed E-state index contributed by atoms with van der Waals surface area (Å²) in [5.74, 6) is -0.326. The van der Waals surface area contributed by atoms with Gasteiger partial charge in [0.25, 0.3) is 11.7 Å². The van der Waals surface area contributed by atoms with Crippen LogP contribution in [0.1, 0.15) is 44.6 Å². The van der Waals surface area contributed by atoms with Crippen molar-refractivity contribution < 1.29 is 14.3 Å². The van der Waals surface area contributed by atoms with Gasteiger partial charge in [0.2, 0.25) is 0 Å². The van der Waals surface area contributed by atoms with Gasteiger partial charge in [-0.25, -0.2) is 9.50 Å². The van der Waals surface area contributed by atoms with Crippen LogP contribution in [0.3, 0.4) is 0 Å². The molecule has 0 unspecified atom stereocenters. The highest BCUT2D eigenvalue weighted by atomic mass is 16.5.